The summed E-state index contributed by atoms with van der Waals surface area (Å²) in [5, 5.41) is 0.656. The standard InChI is InChI=1S/C26H31ClN4O2/c1-18(2)30-24-17-20(27)8-9-23(24)31(26(30)33)21-10-14-28(15-11-21)12-5-13-29-22-7-4-3-6-19(22)16-25(29)32/h3-4,6-9,17-18,21H,5,10-16H2,1-2H3. The lowest BCUT2D eigenvalue weighted by atomic mass is 10.0. The van der Waals surface area contributed by atoms with Gasteiger partial charge in [-0.25, -0.2) is 4.79 Å². The van der Waals surface area contributed by atoms with E-state index in [-0.39, 0.29) is 23.7 Å². The zero-order valence-corrected chi connectivity index (χ0v) is 20.1. The van der Waals surface area contributed by atoms with Crippen LogP contribution in [0, 0.1) is 0 Å². The zero-order chi connectivity index (χ0) is 23.1. The monoisotopic (exact) mass is 466 g/mol. The van der Waals surface area contributed by atoms with E-state index in [4.69, 9.17) is 11.6 Å². The van der Waals surface area contributed by atoms with Crippen molar-refractivity contribution in [2.24, 2.45) is 0 Å². The highest BCUT2D eigenvalue weighted by molar-refractivity contribution is 6.31. The molecule has 2 aliphatic rings. The molecule has 3 aromatic rings. The average molecular weight is 467 g/mol. The number of carbonyl (C=O) groups is 1. The number of para-hydroxylation sites is 1. The number of anilines is 1. The van der Waals surface area contributed by atoms with Crippen molar-refractivity contribution in [2.75, 3.05) is 31.1 Å². The Morgan fingerprint density at radius 2 is 1.76 bits per heavy atom. The molecule has 3 heterocycles. The van der Waals surface area contributed by atoms with Gasteiger partial charge in [0.15, 0.2) is 0 Å². The van der Waals surface area contributed by atoms with Gasteiger partial charge in [0.05, 0.1) is 17.5 Å². The van der Waals surface area contributed by atoms with E-state index in [1.54, 1.807) is 0 Å². The van der Waals surface area contributed by atoms with Crippen LogP contribution in [0.4, 0.5) is 5.69 Å². The van der Waals surface area contributed by atoms with Gasteiger partial charge in [0.2, 0.25) is 5.91 Å². The molecule has 33 heavy (non-hydrogen) atoms. The van der Waals surface area contributed by atoms with Gasteiger partial charge in [0.25, 0.3) is 0 Å². The molecule has 5 rings (SSSR count). The maximum Gasteiger partial charge on any atom is 0.329 e. The Morgan fingerprint density at radius 3 is 2.52 bits per heavy atom. The van der Waals surface area contributed by atoms with Crippen LogP contribution >= 0.6 is 11.6 Å². The number of fused-ring (bicyclic) bond motifs is 2. The maximum absolute atomic E-state index is 13.3. The third-order valence-electron chi connectivity index (χ3n) is 7.09. The van der Waals surface area contributed by atoms with Crippen LogP contribution in [0.3, 0.4) is 0 Å². The van der Waals surface area contributed by atoms with Gasteiger partial charge in [0.1, 0.15) is 0 Å². The van der Waals surface area contributed by atoms with E-state index in [2.05, 4.69) is 4.90 Å². The molecule has 0 unspecified atom stereocenters. The van der Waals surface area contributed by atoms with E-state index in [1.807, 2.05) is 70.3 Å². The van der Waals surface area contributed by atoms with E-state index < -0.39 is 0 Å². The first-order valence-corrected chi connectivity index (χ1v) is 12.3. The van der Waals surface area contributed by atoms with Crippen molar-refractivity contribution in [3.05, 3.63) is 63.5 Å². The number of amides is 1. The summed E-state index contributed by atoms with van der Waals surface area (Å²) >= 11 is 6.24. The fourth-order valence-corrected chi connectivity index (χ4v) is 5.65. The molecule has 1 saturated heterocycles. The third kappa shape index (κ3) is 4.11. The first-order valence-electron chi connectivity index (χ1n) is 12.0. The van der Waals surface area contributed by atoms with E-state index in [0.717, 1.165) is 67.7 Å². The van der Waals surface area contributed by atoms with Crippen molar-refractivity contribution in [1.82, 2.24) is 14.0 Å². The Bertz CT molecular complexity index is 1240. The highest BCUT2D eigenvalue weighted by Gasteiger charge is 2.28. The number of benzene rings is 2. The number of piperidine rings is 1. The van der Waals surface area contributed by atoms with E-state index in [9.17, 15) is 9.59 Å². The summed E-state index contributed by atoms with van der Waals surface area (Å²) in [6, 6.07) is 14.1. The number of likely N-dealkylation sites (tertiary alicyclic amines) is 1. The fraction of sp³-hybridized carbons (Fsp3) is 0.462. The predicted molar refractivity (Wildman–Crippen MR) is 133 cm³/mol. The molecule has 0 radical (unpaired) electrons. The molecule has 7 heteroatoms. The summed E-state index contributed by atoms with van der Waals surface area (Å²) in [6.45, 7) is 7.73. The number of halogens is 1. The van der Waals surface area contributed by atoms with Crippen molar-refractivity contribution < 1.29 is 4.79 Å². The van der Waals surface area contributed by atoms with Gasteiger partial charge in [-0.3, -0.25) is 13.9 Å². The molecular weight excluding hydrogens is 436 g/mol. The lowest BCUT2D eigenvalue weighted by Gasteiger charge is -2.33. The van der Waals surface area contributed by atoms with Crippen LogP contribution < -0.4 is 10.6 Å². The molecule has 0 spiro atoms. The number of aromatic nitrogens is 2. The van der Waals surface area contributed by atoms with E-state index >= 15 is 0 Å². The summed E-state index contributed by atoms with van der Waals surface area (Å²) in [7, 11) is 0. The molecule has 6 nitrogen and oxygen atoms in total. The Hall–Kier alpha value is -2.57. The molecule has 0 bridgehead atoms. The van der Waals surface area contributed by atoms with Gasteiger partial charge < -0.3 is 9.80 Å². The number of rotatable bonds is 6. The summed E-state index contributed by atoms with van der Waals surface area (Å²) < 4.78 is 3.85. The van der Waals surface area contributed by atoms with Crippen LogP contribution in [0.5, 0.6) is 0 Å². The smallest absolute Gasteiger partial charge is 0.312 e. The Balaban J connectivity index is 1.22. The van der Waals surface area contributed by atoms with Crippen LogP contribution in [-0.4, -0.2) is 46.1 Å². The van der Waals surface area contributed by atoms with Crippen molar-refractivity contribution >= 4 is 34.2 Å². The van der Waals surface area contributed by atoms with Crippen LogP contribution in [0.15, 0.2) is 47.3 Å². The van der Waals surface area contributed by atoms with Crippen LogP contribution in [0.2, 0.25) is 5.02 Å². The van der Waals surface area contributed by atoms with Crippen LogP contribution in [0.1, 0.15) is 50.8 Å². The average Bonchev–Trinajstić information content (AvgIpc) is 3.27. The van der Waals surface area contributed by atoms with Crippen molar-refractivity contribution in [3.8, 4) is 0 Å². The molecule has 1 fully saturated rings. The molecule has 0 N–H and O–H groups in total. The van der Waals surface area contributed by atoms with Crippen molar-refractivity contribution in [2.45, 2.75) is 51.6 Å². The van der Waals surface area contributed by atoms with Gasteiger partial charge in [-0.05, 0) is 69.5 Å². The van der Waals surface area contributed by atoms with Gasteiger partial charge in [-0.15, -0.1) is 0 Å². The minimum absolute atomic E-state index is 0.0620. The molecule has 2 aromatic carbocycles. The minimum Gasteiger partial charge on any atom is -0.312 e. The third-order valence-corrected chi connectivity index (χ3v) is 7.32. The predicted octanol–water partition coefficient (Wildman–Crippen LogP) is 4.65. The van der Waals surface area contributed by atoms with Gasteiger partial charge in [-0.2, -0.15) is 0 Å². The first-order chi connectivity index (χ1) is 15.9. The number of nitrogens with zero attached hydrogens (tertiary/aromatic N) is 4. The van der Waals surface area contributed by atoms with Gasteiger partial charge in [0, 0.05) is 42.4 Å². The summed E-state index contributed by atoms with van der Waals surface area (Å²) in [6.07, 6.45) is 3.37. The molecule has 0 saturated carbocycles. The summed E-state index contributed by atoms with van der Waals surface area (Å²) in [5.74, 6) is 0.205. The van der Waals surface area contributed by atoms with Gasteiger partial charge in [-0.1, -0.05) is 29.8 Å². The largest absolute Gasteiger partial charge is 0.329 e. The van der Waals surface area contributed by atoms with E-state index in [0.29, 0.717) is 11.4 Å². The number of hydrogen-bond donors (Lipinski definition) is 0. The highest BCUT2D eigenvalue weighted by atomic mass is 35.5. The first kappa shape index (κ1) is 22.2. The molecule has 1 aromatic heterocycles. The fourth-order valence-electron chi connectivity index (χ4n) is 5.48. The Kier molecular flexibility index (Phi) is 6.06. The quantitative estimate of drug-likeness (QED) is 0.531. The van der Waals surface area contributed by atoms with Crippen LogP contribution in [-0.2, 0) is 11.2 Å². The summed E-state index contributed by atoms with van der Waals surface area (Å²) in [4.78, 5) is 30.1. The number of hydrogen-bond acceptors (Lipinski definition) is 3. The minimum atomic E-state index is 0.0620. The normalized spacial score (nSPS) is 17.5. The molecule has 2 aliphatic heterocycles. The Labute approximate surface area is 199 Å². The molecular formula is C26H31ClN4O2. The van der Waals surface area contributed by atoms with Crippen molar-refractivity contribution in [3.63, 3.8) is 0 Å². The molecule has 1 amide bonds. The molecule has 174 valence electrons. The number of carbonyl (C=O) groups excluding carboxylic acids is 1. The molecule has 0 atom stereocenters. The second kappa shape index (κ2) is 8.99. The van der Waals surface area contributed by atoms with Crippen molar-refractivity contribution in [1.29, 1.82) is 0 Å². The second-order valence-electron chi connectivity index (χ2n) is 9.53. The zero-order valence-electron chi connectivity index (χ0n) is 19.3. The maximum atomic E-state index is 13.3. The Morgan fingerprint density at radius 1 is 1.00 bits per heavy atom. The topological polar surface area (TPSA) is 50.5 Å². The lowest BCUT2D eigenvalue weighted by molar-refractivity contribution is -0.117. The highest BCUT2D eigenvalue weighted by Crippen LogP contribution is 2.30. The van der Waals surface area contributed by atoms with Crippen LogP contribution in [0.25, 0.3) is 11.0 Å². The molecule has 0 aliphatic carbocycles. The second-order valence-corrected chi connectivity index (χ2v) is 9.96. The summed E-state index contributed by atoms with van der Waals surface area (Å²) in [5.41, 5.74) is 4.16. The SMILES string of the molecule is CC(C)n1c(=O)n(C2CCN(CCCN3C(=O)Cc4ccccc43)CC2)c2ccc(Cl)cc21. The van der Waals surface area contributed by atoms with Gasteiger partial charge >= 0.3 is 5.69 Å². The van der Waals surface area contributed by atoms with E-state index in [1.165, 1.54) is 0 Å². The lowest BCUT2D eigenvalue weighted by Crippen LogP contribution is -2.39. The number of imidazole rings is 1.